The maximum atomic E-state index is 12.8. The third-order valence-electron chi connectivity index (χ3n) is 4.92. The Labute approximate surface area is 187 Å². The minimum atomic E-state index is -1.17. The van der Waals surface area contributed by atoms with Crippen molar-refractivity contribution in [2.45, 2.75) is 62.6 Å². The molecule has 0 radical (unpaired) electrons. The first-order valence-corrected chi connectivity index (χ1v) is 11.5. The van der Waals surface area contributed by atoms with Gasteiger partial charge in [0.05, 0.1) is 18.0 Å². The van der Waals surface area contributed by atoms with Gasteiger partial charge in [0.25, 0.3) is 0 Å². The number of ether oxygens (including phenoxy) is 3. The number of nitrogens with one attached hydrogen (secondary N) is 1. The van der Waals surface area contributed by atoms with Crippen molar-refractivity contribution in [3.05, 3.63) is 17.0 Å². The van der Waals surface area contributed by atoms with Crippen LogP contribution in [0.25, 0.3) is 0 Å². The average Bonchev–Trinajstić information content (AvgIpc) is 3.17. The highest BCUT2D eigenvalue weighted by Crippen LogP contribution is 2.51. The van der Waals surface area contributed by atoms with E-state index < -0.39 is 40.6 Å². The van der Waals surface area contributed by atoms with Crippen molar-refractivity contribution in [1.82, 2.24) is 10.2 Å². The van der Waals surface area contributed by atoms with Gasteiger partial charge in [0.2, 0.25) is 18.1 Å². The third-order valence-corrected chi connectivity index (χ3v) is 7.28. The Kier molecular flexibility index (Phi) is 6.70. The lowest BCUT2D eigenvalue weighted by Crippen LogP contribution is -2.71. The highest BCUT2D eigenvalue weighted by atomic mass is 32.2. The molecule has 2 aliphatic heterocycles. The molecule has 3 heterocycles. The molecule has 3 N–H and O–H groups in total. The van der Waals surface area contributed by atoms with E-state index in [1.165, 1.54) is 34.9 Å². The number of nitrogens with two attached hydrogens (primary N) is 1. The van der Waals surface area contributed by atoms with Crippen molar-refractivity contribution in [3.63, 3.8) is 0 Å². The molecule has 2 fully saturated rings. The molecule has 0 spiro atoms. The first-order valence-electron chi connectivity index (χ1n) is 9.70. The lowest BCUT2D eigenvalue weighted by atomic mass is 9.96. The Morgan fingerprint density at radius 1 is 1.32 bits per heavy atom. The number of esters is 1. The molecule has 0 bridgehead atoms. The number of rotatable bonds is 7. The zero-order chi connectivity index (χ0) is 22.9. The minimum Gasteiger partial charge on any atom is -0.435 e. The second-order valence-corrected chi connectivity index (χ2v) is 10.3. The molecule has 2 saturated heterocycles. The fraction of sp³-hybridized carbons (Fsp3) is 0.579. The number of anilines is 1. The molecule has 2 aliphatic rings. The van der Waals surface area contributed by atoms with E-state index in [0.29, 0.717) is 10.6 Å². The number of thiophene rings is 1. The van der Waals surface area contributed by atoms with Gasteiger partial charge in [-0.2, -0.15) is 0 Å². The van der Waals surface area contributed by atoms with E-state index in [4.69, 9.17) is 15.2 Å². The highest BCUT2D eigenvalue weighted by molar-refractivity contribution is 8.01. The molecular weight excluding hydrogens is 446 g/mol. The van der Waals surface area contributed by atoms with Crippen molar-refractivity contribution in [2.24, 2.45) is 0 Å². The molecule has 31 heavy (non-hydrogen) atoms. The quantitative estimate of drug-likeness (QED) is 0.344. The van der Waals surface area contributed by atoms with Gasteiger partial charge < -0.3 is 30.2 Å². The predicted molar refractivity (Wildman–Crippen MR) is 114 cm³/mol. The number of hydrogen-bond donors (Lipinski definition) is 2. The van der Waals surface area contributed by atoms with Crippen LogP contribution in [0.1, 0.15) is 33.3 Å². The Hall–Kier alpha value is -2.47. The van der Waals surface area contributed by atoms with Crippen molar-refractivity contribution in [3.8, 4) is 0 Å². The van der Waals surface area contributed by atoms with Gasteiger partial charge in [-0.05, 0) is 37.8 Å². The molecule has 3 rings (SSSR count). The molecule has 0 saturated carbocycles. The van der Waals surface area contributed by atoms with Gasteiger partial charge in [-0.25, -0.2) is 9.59 Å². The number of carbonyl (C=O) groups is 4. The summed E-state index contributed by atoms with van der Waals surface area (Å²) in [4.78, 5) is 50.7. The molecule has 1 unspecified atom stereocenters. The van der Waals surface area contributed by atoms with E-state index in [9.17, 15) is 19.2 Å². The van der Waals surface area contributed by atoms with Gasteiger partial charge in [0, 0.05) is 11.7 Å². The molecule has 0 aliphatic carbocycles. The van der Waals surface area contributed by atoms with Crippen molar-refractivity contribution in [2.75, 3.05) is 12.3 Å². The summed E-state index contributed by atoms with van der Waals surface area (Å²) in [5.74, 6) is -1.37. The fourth-order valence-electron chi connectivity index (χ4n) is 3.56. The SMILES string of the molecule is CCOC(=O)OC(C)OC(=O)[C@@H]1N2C(=O)[C@@H](NC(=O)Cc3ccsc3N)[C@H]2SC1(C)C. The minimum absolute atomic E-state index is 0.0775. The smallest absolute Gasteiger partial charge is 0.435 e. The van der Waals surface area contributed by atoms with Gasteiger partial charge in [-0.3, -0.25) is 9.59 Å². The highest BCUT2D eigenvalue weighted by Gasteiger charge is 2.64. The molecule has 170 valence electrons. The van der Waals surface area contributed by atoms with Crippen LogP contribution >= 0.6 is 23.1 Å². The molecule has 1 aromatic heterocycles. The monoisotopic (exact) mass is 471 g/mol. The first kappa shape index (κ1) is 23.2. The van der Waals surface area contributed by atoms with Crippen LogP contribution in [0.3, 0.4) is 0 Å². The van der Waals surface area contributed by atoms with Crippen molar-refractivity contribution in [1.29, 1.82) is 0 Å². The van der Waals surface area contributed by atoms with E-state index in [2.05, 4.69) is 10.1 Å². The van der Waals surface area contributed by atoms with Crippen LogP contribution in [0.5, 0.6) is 0 Å². The number of amides is 2. The van der Waals surface area contributed by atoms with Crippen molar-refractivity contribution >= 4 is 52.0 Å². The zero-order valence-corrected chi connectivity index (χ0v) is 19.2. The standard InChI is InChI=1S/C19H25N3O7S2/c1-5-27-18(26)29-9(2)28-17(25)13-19(3,4)31-16-12(15(24)22(13)16)21-11(23)8-10-6-7-30-14(10)20/h6-7,9,12-13,16H,5,8,20H2,1-4H3,(H,21,23)/t9?,12-,13+,16-/m1/s1. The largest absolute Gasteiger partial charge is 0.511 e. The topological polar surface area (TPSA) is 137 Å². The number of nitrogens with zero attached hydrogens (tertiary/aromatic N) is 1. The maximum absolute atomic E-state index is 12.8. The third kappa shape index (κ3) is 4.74. The Bertz CT molecular complexity index is 888. The maximum Gasteiger partial charge on any atom is 0.511 e. The lowest BCUT2D eigenvalue weighted by molar-refractivity contribution is -0.180. The second kappa shape index (κ2) is 8.95. The average molecular weight is 472 g/mol. The predicted octanol–water partition coefficient (Wildman–Crippen LogP) is 1.48. The number of nitrogen functional groups attached to an aromatic ring is 1. The van der Waals surface area contributed by atoms with E-state index >= 15 is 0 Å². The zero-order valence-electron chi connectivity index (χ0n) is 17.6. The van der Waals surface area contributed by atoms with Crippen LogP contribution < -0.4 is 11.1 Å². The van der Waals surface area contributed by atoms with Gasteiger partial charge in [-0.1, -0.05) is 0 Å². The summed E-state index contributed by atoms with van der Waals surface area (Å²) >= 11 is 2.75. The van der Waals surface area contributed by atoms with E-state index in [-0.39, 0.29) is 24.8 Å². The summed E-state index contributed by atoms with van der Waals surface area (Å²) in [7, 11) is 0. The molecule has 1 aromatic rings. The number of hydrogen-bond acceptors (Lipinski definition) is 10. The lowest BCUT2D eigenvalue weighted by Gasteiger charge is -2.44. The number of β-lactam (4-membered cyclic amide) rings is 1. The second-order valence-electron chi connectivity index (χ2n) is 7.60. The van der Waals surface area contributed by atoms with E-state index in [1.807, 2.05) is 13.8 Å². The van der Waals surface area contributed by atoms with Crippen LogP contribution in [-0.2, 0) is 35.0 Å². The van der Waals surface area contributed by atoms with Gasteiger partial charge >= 0.3 is 12.1 Å². The van der Waals surface area contributed by atoms with E-state index in [0.717, 1.165) is 0 Å². The van der Waals surface area contributed by atoms with Crippen molar-refractivity contribution < 1.29 is 33.4 Å². The van der Waals surface area contributed by atoms with Crippen LogP contribution in [0.4, 0.5) is 9.80 Å². The summed E-state index contributed by atoms with van der Waals surface area (Å²) in [6.45, 7) is 6.77. The van der Waals surface area contributed by atoms with Crippen LogP contribution in [0, 0.1) is 0 Å². The normalized spacial score (nSPS) is 24.6. The number of fused-ring (bicyclic) bond motifs is 1. The Morgan fingerprint density at radius 2 is 2.03 bits per heavy atom. The summed E-state index contributed by atoms with van der Waals surface area (Å²) in [5, 5.41) is 4.71. The fourth-order valence-corrected chi connectivity index (χ4v) is 5.85. The summed E-state index contributed by atoms with van der Waals surface area (Å²) < 4.78 is 14.1. The van der Waals surface area contributed by atoms with Crippen LogP contribution in [0.15, 0.2) is 11.4 Å². The van der Waals surface area contributed by atoms with Gasteiger partial charge in [0.1, 0.15) is 17.5 Å². The Morgan fingerprint density at radius 3 is 2.65 bits per heavy atom. The number of carbonyl (C=O) groups excluding carboxylic acids is 4. The van der Waals surface area contributed by atoms with E-state index in [1.54, 1.807) is 18.4 Å². The van der Waals surface area contributed by atoms with Crippen LogP contribution in [-0.4, -0.2) is 63.9 Å². The first-order chi connectivity index (χ1) is 14.5. The molecule has 2 amide bonds. The molecule has 12 heteroatoms. The van der Waals surface area contributed by atoms with Gasteiger partial charge in [-0.15, -0.1) is 23.1 Å². The molecule has 0 aromatic carbocycles. The molecule has 10 nitrogen and oxygen atoms in total. The summed E-state index contributed by atoms with van der Waals surface area (Å²) in [6.07, 6.45) is -2.04. The molecule has 4 atom stereocenters. The molecular formula is C19H25N3O7S2. The number of thioether (sulfide) groups is 1. The summed E-state index contributed by atoms with van der Waals surface area (Å²) in [6, 6.07) is 0.152. The summed E-state index contributed by atoms with van der Waals surface area (Å²) in [5.41, 5.74) is 6.53. The van der Waals surface area contributed by atoms with Crippen LogP contribution in [0.2, 0.25) is 0 Å². The Balaban J connectivity index is 1.61. The van der Waals surface area contributed by atoms with Gasteiger partial charge in [0.15, 0.2) is 0 Å².